The van der Waals surface area contributed by atoms with E-state index in [1.165, 1.54) is 0 Å². The summed E-state index contributed by atoms with van der Waals surface area (Å²) in [6.45, 7) is 6.86. The van der Waals surface area contributed by atoms with E-state index in [2.05, 4.69) is 10.2 Å². The molecule has 6 heteroatoms. The van der Waals surface area contributed by atoms with Crippen LogP contribution >= 0.6 is 0 Å². The van der Waals surface area contributed by atoms with Gasteiger partial charge in [0.1, 0.15) is 5.69 Å². The number of nitrogens with one attached hydrogen (secondary N) is 1. The van der Waals surface area contributed by atoms with Crippen molar-refractivity contribution in [3.8, 4) is 0 Å². The highest BCUT2D eigenvalue weighted by molar-refractivity contribution is 5.62. The van der Waals surface area contributed by atoms with Crippen molar-refractivity contribution < 1.29 is 10.0 Å². The molecule has 21 heavy (non-hydrogen) atoms. The van der Waals surface area contributed by atoms with Gasteiger partial charge in [0.15, 0.2) is 0 Å². The third kappa shape index (κ3) is 3.92. The van der Waals surface area contributed by atoms with Crippen LogP contribution in [0.4, 0.5) is 11.4 Å². The van der Waals surface area contributed by atoms with E-state index in [4.69, 9.17) is 0 Å². The molecule has 1 aliphatic rings. The maximum atomic E-state index is 11.1. The maximum absolute atomic E-state index is 11.1. The fourth-order valence-electron chi connectivity index (χ4n) is 2.82. The van der Waals surface area contributed by atoms with Gasteiger partial charge in [0.25, 0.3) is 5.69 Å². The highest BCUT2D eigenvalue weighted by Gasteiger charge is 2.26. The van der Waals surface area contributed by atoms with Gasteiger partial charge in [-0.25, -0.2) is 0 Å². The molecule has 1 aromatic carbocycles. The van der Waals surface area contributed by atoms with Crippen molar-refractivity contribution in [2.24, 2.45) is 5.92 Å². The molecule has 6 nitrogen and oxygen atoms in total. The summed E-state index contributed by atoms with van der Waals surface area (Å²) in [5.41, 5.74) is 1.63. The van der Waals surface area contributed by atoms with Crippen molar-refractivity contribution >= 4 is 11.4 Å². The Morgan fingerprint density at radius 3 is 2.90 bits per heavy atom. The van der Waals surface area contributed by atoms with Crippen molar-refractivity contribution in [3.63, 3.8) is 0 Å². The minimum absolute atomic E-state index is 0.126. The van der Waals surface area contributed by atoms with Crippen LogP contribution < -0.4 is 5.32 Å². The van der Waals surface area contributed by atoms with Gasteiger partial charge in [-0.3, -0.25) is 15.0 Å². The summed E-state index contributed by atoms with van der Waals surface area (Å²) in [5, 5.41) is 23.8. The molecule has 0 radical (unpaired) electrons. The number of hydrogen-bond acceptors (Lipinski definition) is 5. The van der Waals surface area contributed by atoms with Crippen LogP contribution in [0.15, 0.2) is 18.2 Å². The number of hydrogen-bond donors (Lipinski definition) is 2. The largest absolute Gasteiger partial charge is 0.393 e. The number of anilines is 1. The number of likely N-dealkylation sites (tertiary alicyclic amines) is 1. The molecule has 1 aliphatic heterocycles. The van der Waals surface area contributed by atoms with Crippen LogP contribution in [0.5, 0.6) is 0 Å². The number of rotatable bonds is 6. The average Bonchev–Trinajstić information content (AvgIpc) is 2.89. The van der Waals surface area contributed by atoms with Crippen molar-refractivity contribution in [3.05, 3.63) is 33.9 Å². The van der Waals surface area contributed by atoms with Crippen molar-refractivity contribution in [2.45, 2.75) is 32.9 Å². The van der Waals surface area contributed by atoms with Gasteiger partial charge in [-0.1, -0.05) is 6.07 Å². The first kappa shape index (κ1) is 15.7. The third-order valence-electron chi connectivity index (χ3n) is 4.02. The molecule has 0 aliphatic carbocycles. The van der Waals surface area contributed by atoms with Gasteiger partial charge < -0.3 is 10.4 Å². The Balaban J connectivity index is 2.07. The number of aliphatic hydroxyl groups excluding tert-OH is 1. The Kier molecular flexibility index (Phi) is 5.14. The van der Waals surface area contributed by atoms with Crippen LogP contribution in [0, 0.1) is 16.0 Å². The predicted octanol–water partition coefficient (Wildman–Crippen LogP) is 2.23. The lowest BCUT2D eigenvalue weighted by Crippen LogP contribution is -2.24. The number of nitro benzene ring substituents is 1. The molecule has 0 bridgehead atoms. The Morgan fingerprint density at radius 2 is 2.33 bits per heavy atom. The molecule has 0 aromatic heterocycles. The van der Waals surface area contributed by atoms with E-state index in [1.54, 1.807) is 12.1 Å². The second-order valence-electron chi connectivity index (χ2n) is 5.66. The highest BCUT2D eigenvalue weighted by atomic mass is 16.6. The normalized spacial score (nSPS) is 20.4. The fourth-order valence-corrected chi connectivity index (χ4v) is 2.82. The lowest BCUT2D eigenvalue weighted by atomic mass is 10.0. The molecule has 2 rings (SSSR count). The summed E-state index contributed by atoms with van der Waals surface area (Å²) >= 11 is 0. The summed E-state index contributed by atoms with van der Waals surface area (Å²) in [7, 11) is 0. The van der Waals surface area contributed by atoms with Crippen LogP contribution in [-0.4, -0.2) is 40.7 Å². The van der Waals surface area contributed by atoms with Crippen LogP contribution in [0.1, 0.15) is 25.8 Å². The van der Waals surface area contributed by atoms with Crippen LogP contribution in [0.3, 0.4) is 0 Å². The van der Waals surface area contributed by atoms with Gasteiger partial charge >= 0.3 is 0 Å². The quantitative estimate of drug-likeness (QED) is 0.621. The van der Waals surface area contributed by atoms with Crippen LogP contribution in [-0.2, 0) is 6.54 Å². The summed E-state index contributed by atoms with van der Waals surface area (Å²) in [5.74, 6) is 0.306. The van der Waals surface area contributed by atoms with E-state index in [0.29, 0.717) is 24.7 Å². The molecule has 1 aromatic rings. The maximum Gasteiger partial charge on any atom is 0.292 e. The zero-order valence-corrected chi connectivity index (χ0v) is 12.6. The topological polar surface area (TPSA) is 78.6 Å². The minimum atomic E-state index is -0.343. The smallest absolute Gasteiger partial charge is 0.292 e. The lowest BCUT2D eigenvalue weighted by molar-refractivity contribution is -0.384. The number of nitrogens with zero attached hydrogens (tertiary/aromatic N) is 2. The molecule has 0 spiro atoms. The molecular weight excluding hydrogens is 270 g/mol. The molecule has 1 fully saturated rings. The van der Waals surface area contributed by atoms with Gasteiger partial charge in [-0.15, -0.1) is 0 Å². The second kappa shape index (κ2) is 6.87. The van der Waals surface area contributed by atoms with Gasteiger partial charge in [0.05, 0.1) is 11.0 Å². The monoisotopic (exact) mass is 293 g/mol. The average molecular weight is 293 g/mol. The Labute approximate surface area is 124 Å². The van der Waals surface area contributed by atoms with Gasteiger partial charge in [-0.05, 0) is 44.4 Å². The first-order chi connectivity index (χ1) is 10.0. The van der Waals surface area contributed by atoms with E-state index in [-0.39, 0.29) is 16.7 Å². The molecule has 1 saturated heterocycles. The number of nitro groups is 1. The van der Waals surface area contributed by atoms with Crippen molar-refractivity contribution in [2.75, 3.05) is 25.0 Å². The van der Waals surface area contributed by atoms with E-state index in [0.717, 1.165) is 25.1 Å². The number of aliphatic hydroxyl groups is 1. The molecule has 2 unspecified atom stereocenters. The summed E-state index contributed by atoms with van der Waals surface area (Å²) in [6, 6.07) is 5.35. The minimum Gasteiger partial charge on any atom is -0.393 e. The standard InChI is InChI=1S/C15H23N3O3/c1-3-16-14-5-4-12(8-15(14)18(20)21)9-17-7-6-13(10-17)11(2)19/h4-5,8,11,13,16,19H,3,6-7,9-10H2,1-2H3. The SMILES string of the molecule is CCNc1ccc(CN2CCC(C(C)O)C2)cc1[N+](=O)[O-]. The van der Waals surface area contributed by atoms with Crippen LogP contribution in [0.2, 0.25) is 0 Å². The predicted molar refractivity (Wildman–Crippen MR) is 82.3 cm³/mol. The molecular formula is C15H23N3O3. The van der Waals surface area contributed by atoms with Crippen molar-refractivity contribution in [1.82, 2.24) is 4.90 Å². The van der Waals surface area contributed by atoms with E-state index in [9.17, 15) is 15.2 Å². The summed E-state index contributed by atoms with van der Waals surface area (Å²) in [4.78, 5) is 13.0. The first-order valence-electron chi connectivity index (χ1n) is 7.43. The molecule has 2 atom stereocenters. The molecule has 0 saturated carbocycles. The summed E-state index contributed by atoms with van der Waals surface area (Å²) < 4.78 is 0. The molecule has 2 N–H and O–H groups in total. The van der Waals surface area contributed by atoms with Gasteiger partial charge in [0, 0.05) is 25.7 Å². The molecule has 116 valence electrons. The van der Waals surface area contributed by atoms with E-state index < -0.39 is 0 Å². The van der Waals surface area contributed by atoms with E-state index >= 15 is 0 Å². The Bertz CT molecular complexity index is 505. The molecule has 0 amide bonds. The number of benzene rings is 1. The van der Waals surface area contributed by atoms with Gasteiger partial charge in [0.2, 0.25) is 0 Å². The fraction of sp³-hybridized carbons (Fsp3) is 0.600. The zero-order chi connectivity index (χ0) is 15.4. The third-order valence-corrected chi connectivity index (χ3v) is 4.02. The lowest BCUT2D eigenvalue weighted by Gasteiger charge is -2.17. The highest BCUT2D eigenvalue weighted by Crippen LogP contribution is 2.27. The molecule has 1 heterocycles. The van der Waals surface area contributed by atoms with E-state index in [1.807, 2.05) is 19.9 Å². The zero-order valence-electron chi connectivity index (χ0n) is 12.6. The van der Waals surface area contributed by atoms with Gasteiger partial charge in [-0.2, -0.15) is 0 Å². The van der Waals surface area contributed by atoms with Crippen molar-refractivity contribution in [1.29, 1.82) is 0 Å². The Morgan fingerprint density at radius 1 is 1.57 bits per heavy atom. The summed E-state index contributed by atoms with van der Waals surface area (Å²) in [6.07, 6.45) is 0.690. The second-order valence-corrected chi connectivity index (χ2v) is 5.66. The first-order valence-corrected chi connectivity index (χ1v) is 7.43. The van der Waals surface area contributed by atoms with Crippen LogP contribution in [0.25, 0.3) is 0 Å². The Hall–Kier alpha value is -1.66.